The van der Waals surface area contributed by atoms with Crippen LogP contribution in [0.5, 0.6) is 11.5 Å². The van der Waals surface area contributed by atoms with Crippen LogP contribution in [0.4, 0.5) is 24.5 Å². The Bertz CT molecular complexity index is 1120. The molecule has 0 saturated carbocycles. The Morgan fingerprint density at radius 2 is 1.88 bits per heavy atom. The molecule has 3 N–H and O–H groups in total. The number of rotatable bonds is 7. The zero-order valence-corrected chi connectivity index (χ0v) is 17.3. The van der Waals surface area contributed by atoms with Crippen LogP contribution in [-0.4, -0.2) is 39.2 Å². The molecule has 1 heterocycles. The first-order valence-corrected chi connectivity index (χ1v) is 10.7. The highest BCUT2D eigenvalue weighted by atomic mass is 32.2. The van der Waals surface area contributed by atoms with E-state index in [4.69, 9.17) is 4.74 Å². The molecule has 0 spiro atoms. The van der Waals surface area contributed by atoms with E-state index >= 15 is 0 Å². The van der Waals surface area contributed by atoms with Crippen molar-refractivity contribution in [3.05, 3.63) is 42.5 Å². The monoisotopic (exact) mass is 473 g/mol. The molecule has 1 atom stereocenters. The lowest BCUT2D eigenvalue weighted by atomic mass is 10.2. The molecule has 0 fully saturated rings. The normalized spacial score (nSPS) is 15.9. The van der Waals surface area contributed by atoms with Gasteiger partial charge in [-0.1, -0.05) is 0 Å². The molecule has 1 aliphatic heterocycles. The Kier molecular flexibility index (Phi) is 6.60. The lowest BCUT2D eigenvalue weighted by molar-refractivity contribution is -0.274. The summed E-state index contributed by atoms with van der Waals surface area (Å²) in [5.41, 5.74) is 0.764. The Labute approximate surface area is 180 Å². The lowest BCUT2D eigenvalue weighted by Crippen LogP contribution is -2.34. The maximum Gasteiger partial charge on any atom is 0.573 e. The van der Waals surface area contributed by atoms with Gasteiger partial charge in [-0.15, -0.1) is 13.2 Å². The van der Waals surface area contributed by atoms with Crippen LogP contribution in [0.1, 0.15) is 13.3 Å². The number of amides is 2. The number of alkyl halides is 3. The second kappa shape index (κ2) is 9.04. The van der Waals surface area contributed by atoms with Gasteiger partial charge >= 0.3 is 6.36 Å². The molecule has 1 aliphatic rings. The molecule has 172 valence electrons. The van der Waals surface area contributed by atoms with Crippen LogP contribution >= 0.6 is 0 Å². The minimum atomic E-state index is -4.89. The van der Waals surface area contributed by atoms with E-state index in [9.17, 15) is 31.2 Å². The summed E-state index contributed by atoms with van der Waals surface area (Å²) < 4.78 is 72.3. The summed E-state index contributed by atoms with van der Waals surface area (Å²) in [6, 6.07) is 8.29. The van der Waals surface area contributed by atoms with E-state index in [1.807, 2.05) is 0 Å². The average Bonchev–Trinajstić information content (AvgIpc) is 2.68. The Morgan fingerprint density at radius 1 is 1.19 bits per heavy atom. The second-order valence-electron chi connectivity index (χ2n) is 6.68. The quantitative estimate of drug-likeness (QED) is 0.568. The van der Waals surface area contributed by atoms with Gasteiger partial charge in [0.2, 0.25) is 15.9 Å². The van der Waals surface area contributed by atoms with Crippen LogP contribution in [0, 0.1) is 0 Å². The van der Waals surface area contributed by atoms with E-state index < -0.39 is 34.1 Å². The number of carbonyl (C=O) groups is 2. The molecule has 9 nitrogen and oxygen atoms in total. The number of sulfonamides is 1. The number of anilines is 2. The highest BCUT2D eigenvalue weighted by Gasteiger charge is 2.31. The number of benzene rings is 2. The number of hydrogen-bond acceptors (Lipinski definition) is 6. The van der Waals surface area contributed by atoms with Crippen molar-refractivity contribution in [3.8, 4) is 11.5 Å². The highest BCUT2D eigenvalue weighted by molar-refractivity contribution is 7.89. The predicted octanol–water partition coefficient (Wildman–Crippen LogP) is 2.61. The van der Waals surface area contributed by atoms with Crippen LogP contribution in [-0.2, 0) is 19.6 Å². The van der Waals surface area contributed by atoms with Gasteiger partial charge < -0.3 is 20.1 Å². The van der Waals surface area contributed by atoms with E-state index in [1.54, 1.807) is 19.1 Å². The predicted molar refractivity (Wildman–Crippen MR) is 107 cm³/mol. The first kappa shape index (κ1) is 23.3. The van der Waals surface area contributed by atoms with E-state index in [0.29, 0.717) is 17.1 Å². The third-order valence-corrected chi connectivity index (χ3v) is 5.68. The van der Waals surface area contributed by atoms with Crippen molar-refractivity contribution >= 4 is 33.2 Å². The molecular weight excluding hydrogens is 455 g/mol. The Hall–Kier alpha value is -3.32. The topological polar surface area (TPSA) is 123 Å². The number of nitrogens with one attached hydrogen (secondary N) is 3. The van der Waals surface area contributed by atoms with E-state index in [-0.39, 0.29) is 23.8 Å². The minimum absolute atomic E-state index is 0.217. The third-order valence-electron chi connectivity index (χ3n) is 4.21. The summed E-state index contributed by atoms with van der Waals surface area (Å²) in [4.78, 5) is 23.5. The SMILES string of the molecule is C[C@@H]1Oc2ccc(NC(=O)CCNS(=O)(=O)c3ccc(OC(F)(F)F)cc3)cc2NC1=O. The average molecular weight is 473 g/mol. The van der Waals surface area contributed by atoms with Gasteiger partial charge in [0.05, 0.1) is 10.6 Å². The molecule has 2 aromatic carbocycles. The standard InChI is InChI=1S/C19H18F3N3O6S/c1-11-18(27)25-15-10-12(2-7-16(15)30-11)24-17(26)8-9-23-32(28,29)14-5-3-13(4-6-14)31-19(20,21)22/h2-7,10-11,23H,8-9H2,1H3,(H,24,26)(H,25,27)/t11-/m0/s1. The van der Waals surface area contributed by atoms with Gasteiger partial charge in [-0.3, -0.25) is 9.59 Å². The van der Waals surface area contributed by atoms with Gasteiger partial charge in [0.25, 0.3) is 5.91 Å². The van der Waals surface area contributed by atoms with Gasteiger partial charge in [0.15, 0.2) is 6.10 Å². The molecule has 2 aromatic rings. The van der Waals surface area contributed by atoms with Crippen molar-refractivity contribution in [1.29, 1.82) is 0 Å². The van der Waals surface area contributed by atoms with Crippen LogP contribution in [0.2, 0.25) is 0 Å². The molecule has 0 saturated heterocycles. The van der Waals surface area contributed by atoms with E-state index in [0.717, 1.165) is 24.3 Å². The van der Waals surface area contributed by atoms with E-state index in [2.05, 4.69) is 20.1 Å². The Morgan fingerprint density at radius 3 is 2.53 bits per heavy atom. The van der Waals surface area contributed by atoms with Crippen molar-refractivity contribution in [2.24, 2.45) is 0 Å². The summed E-state index contributed by atoms with van der Waals surface area (Å²) in [7, 11) is -4.04. The smallest absolute Gasteiger partial charge is 0.479 e. The van der Waals surface area contributed by atoms with Gasteiger partial charge in [-0.25, -0.2) is 13.1 Å². The molecule has 13 heteroatoms. The molecule has 0 unspecified atom stereocenters. The molecule has 0 aliphatic carbocycles. The fourth-order valence-electron chi connectivity index (χ4n) is 2.71. The fraction of sp³-hybridized carbons (Fsp3) is 0.263. The minimum Gasteiger partial charge on any atom is -0.479 e. The number of hydrogen-bond donors (Lipinski definition) is 3. The summed E-state index contributed by atoms with van der Waals surface area (Å²) in [5.74, 6) is -0.933. The first-order chi connectivity index (χ1) is 14.9. The number of fused-ring (bicyclic) bond motifs is 1. The highest BCUT2D eigenvalue weighted by Crippen LogP contribution is 2.32. The van der Waals surface area contributed by atoms with Gasteiger partial charge in [-0.05, 0) is 49.4 Å². The fourth-order valence-corrected chi connectivity index (χ4v) is 3.74. The summed E-state index contributed by atoms with van der Waals surface area (Å²) in [6.07, 6.45) is -5.74. The van der Waals surface area contributed by atoms with E-state index in [1.165, 1.54) is 6.07 Å². The largest absolute Gasteiger partial charge is 0.573 e. The van der Waals surface area contributed by atoms with Crippen molar-refractivity contribution in [1.82, 2.24) is 4.72 Å². The zero-order valence-electron chi connectivity index (χ0n) is 16.5. The Balaban J connectivity index is 1.52. The van der Waals surface area contributed by atoms with Crippen molar-refractivity contribution in [2.75, 3.05) is 17.2 Å². The molecule has 0 bridgehead atoms. The first-order valence-electron chi connectivity index (χ1n) is 9.20. The van der Waals surface area contributed by atoms with Gasteiger partial charge in [-0.2, -0.15) is 0 Å². The maximum absolute atomic E-state index is 12.2. The lowest BCUT2D eigenvalue weighted by Gasteiger charge is -2.23. The van der Waals surface area contributed by atoms with Crippen LogP contribution in [0.25, 0.3) is 0 Å². The summed E-state index contributed by atoms with van der Waals surface area (Å²) in [5, 5.41) is 5.21. The van der Waals surface area contributed by atoms with Crippen molar-refractivity contribution in [3.63, 3.8) is 0 Å². The van der Waals surface area contributed by atoms with Crippen LogP contribution in [0.3, 0.4) is 0 Å². The molecular formula is C19H18F3N3O6S. The number of ether oxygens (including phenoxy) is 2. The number of carbonyl (C=O) groups excluding carboxylic acids is 2. The maximum atomic E-state index is 12.2. The molecule has 0 radical (unpaired) electrons. The zero-order chi connectivity index (χ0) is 23.5. The molecule has 32 heavy (non-hydrogen) atoms. The van der Waals surface area contributed by atoms with Crippen LogP contribution < -0.4 is 24.8 Å². The summed E-state index contributed by atoms with van der Waals surface area (Å²) in [6.45, 7) is 1.34. The number of halogens is 3. The van der Waals surface area contributed by atoms with Crippen molar-refractivity contribution < 1.29 is 40.7 Å². The molecule has 0 aromatic heterocycles. The van der Waals surface area contributed by atoms with Gasteiger partial charge in [0.1, 0.15) is 11.5 Å². The van der Waals surface area contributed by atoms with Crippen molar-refractivity contribution in [2.45, 2.75) is 30.7 Å². The summed E-state index contributed by atoms with van der Waals surface area (Å²) >= 11 is 0. The molecule has 3 rings (SSSR count). The van der Waals surface area contributed by atoms with Gasteiger partial charge in [0, 0.05) is 18.7 Å². The second-order valence-corrected chi connectivity index (χ2v) is 8.44. The third kappa shape index (κ3) is 6.11. The van der Waals surface area contributed by atoms with Crippen LogP contribution in [0.15, 0.2) is 47.4 Å². The molecule has 2 amide bonds.